The van der Waals surface area contributed by atoms with Gasteiger partial charge in [0, 0.05) is 13.6 Å². The lowest BCUT2D eigenvalue weighted by Crippen LogP contribution is -2.29. The molecule has 0 aliphatic rings. The van der Waals surface area contributed by atoms with E-state index in [9.17, 15) is 13.2 Å². The Bertz CT molecular complexity index is 926. The van der Waals surface area contributed by atoms with Gasteiger partial charge in [0.25, 0.3) is 5.91 Å². The lowest BCUT2D eigenvalue weighted by molar-refractivity contribution is 0.0960. The van der Waals surface area contributed by atoms with Gasteiger partial charge < -0.3 is 14.8 Å². The van der Waals surface area contributed by atoms with Crippen LogP contribution in [0.25, 0.3) is 0 Å². The molecule has 0 radical (unpaired) electrons. The van der Waals surface area contributed by atoms with Crippen LogP contribution in [0.4, 0.5) is 0 Å². The molecule has 0 spiro atoms. The molecule has 152 valence electrons. The van der Waals surface area contributed by atoms with Crippen molar-refractivity contribution in [1.29, 1.82) is 0 Å². The van der Waals surface area contributed by atoms with Gasteiger partial charge in [0.2, 0.25) is 10.0 Å². The van der Waals surface area contributed by atoms with Crippen molar-refractivity contribution in [2.24, 2.45) is 0 Å². The van der Waals surface area contributed by atoms with E-state index in [-0.39, 0.29) is 23.6 Å². The van der Waals surface area contributed by atoms with Crippen molar-refractivity contribution in [3.05, 3.63) is 53.6 Å². The van der Waals surface area contributed by atoms with Crippen molar-refractivity contribution in [1.82, 2.24) is 10.0 Å². The average molecular weight is 407 g/mol. The first-order valence-corrected chi connectivity index (χ1v) is 10.4. The summed E-state index contributed by atoms with van der Waals surface area (Å²) in [7, 11) is -0.913. The van der Waals surface area contributed by atoms with Crippen LogP contribution in [0.3, 0.4) is 0 Å². The van der Waals surface area contributed by atoms with Gasteiger partial charge in [0.15, 0.2) is 0 Å². The standard InChI is InChI=1S/C20H26N2O5S/c1-14(2)16-7-5-6-8-19(16)27-12-11-22-28(24,25)15-9-10-18(26-4)17(13-15)20(23)21-3/h5-10,13-14,22H,11-12H2,1-4H3,(H,21,23). The quantitative estimate of drug-likeness (QED) is 0.624. The lowest BCUT2D eigenvalue weighted by Gasteiger charge is -2.14. The summed E-state index contributed by atoms with van der Waals surface area (Å²) in [6.07, 6.45) is 0. The van der Waals surface area contributed by atoms with E-state index in [0.29, 0.717) is 11.7 Å². The van der Waals surface area contributed by atoms with Gasteiger partial charge in [0.1, 0.15) is 18.1 Å². The minimum absolute atomic E-state index is 0.0190. The maximum absolute atomic E-state index is 12.5. The number of carbonyl (C=O) groups is 1. The molecule has 0 aliphatic carbocycles. The second-order valence-corrected chi connectivity index (χ2v) is 8.15. The molecular formula is C20H26N2O5S. The van der Waals surface area contributed by atoms with Crippen LogP contribution in [-0.2, 0) is 10.0 Å². The minimum atomic E-state index is -3.80. The molecule has 1 amide bonds. The number of methoxy groups -OCH3 is 1. The fourth-order valence-corrected chi connectivity index (χ4v) is 3.71. The van der Waals surface area contributed by atoms with E-state index in [2.05, 4.69) is 23.9 Å². The van der Waals surface area contributed by atoms with Gasteiger partial charge in [-0.05, 0) is 35.7 Å². The van der Waals surface area contributed by atoms with Crippen molar-refractivity contribution in [2.75, 3.05) is 27.3 Å². The van der Waals surface area contributed by atoms with Crippen molar-refractivity contribution in [3.63, 3.8) is 0 Å². The third kappa shape index (κ3) is 5.24. The van der Waals surface area contributed by atoms with E-state index in [1.54, 1.807) is 0 Å². The third-order valence-electron chi connectivity index (χ3n) is 4.15. The van der Waals surface area contributed by atoms with Crippen molar-refractivity contribution < 1.29 is 22.7 Å². The summed E-state index contributed by atoms with van der Waals surface area (Å²) in [5, 5.41) is 2.47. The second kappa shape index (κ2) is 9.57. The average Bonchev–Trinajstić information content (AvgIpc) is 2.70. The van der Waals surface area contributed by atoms with Gasteiger partial charge >= 0.3 is 0 Å². The zero-order chi connectivity index (χ0) is 20.7. The fourth-order valence-electron chi connectivity index (χ4n) is 2.68. The van der Waals surface area contributed by atoms with Gasteiger partial charge in [-0.1, -0.05) is 32.0 Å². The topological polar surface area (TPSA) is 93.7 Å². The van der Waals surface area contributed by atoms with E-state index >= 15 is 0 Å². The molecule has 2 N–H and O–H groups in total. The van der Waals surface area contributed by atoms with Crippen LogP contribution in [0, 0.1) is 0 Å². The molecular weight excluding hydrogens is 380 g/mol. The zero-order valence-corrected chi connectivity index (χ0v) is 17.3. The van der Waals surface area contributed by atoms with Gasteiger partial charge in [-0.25, -0.2) is 13.1 Å². The highest BCUT2D eigenvalue weighted by Crippen LogP contribution is 2.26. The molecule has 2 aromatic carbocycles. The van der Waals surface area contributed by atoms with Crippen molar-refractivity contribution in [2.45, 2.75) is 24.7 Å². The number of nitrogens with one attached hydrogen (secondary N) is 2. The van der Waals surface area contributed by atoms with Crippen molar-refractivity contribution in [3.8, 4) is 11.5 Å². The van der Waals surface area contributed by atoms with Crippen LogP contribution in [-0.4, -0.2) is 41.6 Å². The SMILES string of the molecule is CNC(=O)c1cc(S(=O)(=O)NCCOc2ccccc2C(C)C)ccc1OC. The Balaban J connectivity index is 2.06. The lowest BCUT2D eigenvalue weighted by atomic mass is 10.0. The van der Waals surface area contributed by atoms with Crippen LogP contribution in [0.2, 0.25) is 0 Å². The van der Waals surface area contributed by atoms with E-state index in [1.165, 1.54) is 32.4 Å². The van der Waals surface area contributed by atoms with Gasteiger partial charge in [-0.3, -0.25) is 4.79 Å². The highest BCUT2D eigenvalue weighted by atomic mass is 32.2. The maximum Gasteiger partial charge on any atom is 0.254 e. The summed E-state index contributed by atoms with van der Waals surface area (Å²) >= 11 is 0. The smallest absolute Gasteiger partial charge is 0.254 e. The minimum Gasteiger partial charge on any atom is -0.496 e. The molecule has 0 aliphatic heterocycles. The number of sulfonamides is 1. The van der Waals surface area contributed by atoms with E-state index in [4.69, 9.17) is 9.47 Å². The summed E-state index contributed by atoms with van der Waals surface area (Å²) in [6, 6.07) is 11.8. The Kier molecular flexibility index (Phi) is 7.42. The maximum atomic E-state index is 12.5. The van der Waals surface area contributed by atoms with Crippen LogP contribution in [0.5, 0.6) is 11.5 Å². The molecule has 0 fully saturated rings. The van der Waals surface area contributed by atoms with Crippen LogP contribution in [0.1, 0.15) is 35.7 Å². The monoisotopic (exact) mass is 406 g/mol. The Hall–Kier alpha value is -2.58. The third-order valence-corrected chi connectivity index (χ3v) is 5.60. The highest BCUT2D eigenvalue weighted by molar-refractivity contribution is 7.89. The Morgan fingerprint density at radius 1 is 1.11 bits per heavy atom. The first kappa shape index (κ1) is 21.7. The Morgan fingerprint density at radius 2 is 1.82 bits per heavy atom. The number of benzene rings is 2. The first-order valence-electron chi connectivity index (χ1n) is 8.91. The molecule has 0 heterocycles. The Morgan fingerprint density at radius 3 is 2.46 bits per heavy atom. The highest BCUT2D eigenvalue weighted by Gasteiger charge is 2.19. The van der Waals surface area contributed by atoms with Gasteiger partial charge in [0.05, 0.1) is 17.6 Å². The van der Waals surface area contributed by atoms with E-state index in [1.807, 2.05) is 24.3 Å². The molecule has 8 heteroatoms. The zero-order valence-electron chi connectivity index (χ0n) is 16.5. The van der Waals surface area contributed by atoms with Crippen LogP contribution in [0.15, 0.2) is 47.4 Å². The molecule has 0 atom stereocenters. The largest absolute Gasteiger partial charge is 0.496 e. The number of para-hydroxylation sites is 1. The molecule has 0 aromatic heterocycles. The molecule has 0 bridgehead atoms. The number of hydrogen-bond donors (Lipinski definition) is 2. The second-order valence-electron chi connectivity index (χ2n) is 6.38. The summed E-state index contributed by atoms with van der Waals surface area (Å²) in [5.41, 5.74) is 1.21. The van der Waals surface area contributed by atoms with E-state index in [0.717, 1.165) is 11.3 Å². The summed E-state index contributed by atoms with van der Waals surface area (Å²) in [4.78, 5) is 11.9. The van der Waals surface area contributed by atoms with Crippen LogP contribution < -0.4 is 19.5 Å². The number of hydrogen-bond acceptors (Lipinski definition) is 5. The summed E-state index contributed by atoms with van der Waals surface area (Å²) in [5.74, 6) is 0.910. The normalized spacial score (nSPS) is 11.3. The van der Waals surface area contributed by atoms with Crippen molar-refractivity contribution >= 4 is 15.9 Å². The summed E-state index contributed by atoms with van der Waals surface area (Å²) in [6.45, 7) is 4.41. The molecule has 0 saturated heterocycles. The van der Waals surface area contributed by atoms with Crippen LogP contribution >= 0.6 is 0 Å². The molecule has 7 nitrogen and oxygen atoms in total. The molecule has 2 rings (SSSR count). The Labute approximate surface area is 166 Å². The molecule has 0 unspecified atom stereocenters. The summed E-state index contributed by atoms with van der Waals surface area (Å²) < 4.78 is 38.4. The number of ether oxygens (including phenoxy) is 2. The van der Waals surface area contributed by atoms with Gasteiger partial charge in [-0.15, -0.1) is 0 Å². The molecule has 2 aromatic rings. The van der Waals surface area contributed by atoms with E-state index < -0.39 is 15.9 Å². The number of rotatable bonds is 9. The number of carbonyl (C=O) groups excluding carboxylic acids is 1. The fraction of sp³-hybridized carbons (Fsp3) is 0.350. The first-order chi connectivity index (χ1) is 13.3. The molecule has 28 heavy (non-hydrogen) atoms. The molecule has 0 saturated carbocycles. The predicted molar refractivity (Wildman–Crippen MR) is 108 cm³/mol. The van der Waals surface area contributed by atoms with Gasteiger partial charge in [-0.2, -0.15) is 0 Å². The predicted octanol–water partition coefficient (Wildman–Crippen LogP) is 2.54. The number of amides is 1.